The average Bonchev–Trinajstić information content (AvgIpc) is 3.10. The minimum atomic E-state index is -0.524. The van der Waals surface area contributed by atoms with Crippen LogP contribution in [0.4, 0.5) is 20.0 Å². The molecule has 2 amide bonds. The molecular formula is C17H14FN3O2S2. The second-order valence-corrected chi connectivity index (χ2v) is 6.55. The highest BCUT2D eigenvalue weighted by molar-refractivity contribution is 7.98. The summed E-state index contributed by atoms with van der Waals surface area (Å²) in [5.41, 5.74) is 0.227. The van der Waals surface area contributed by atoms with E-state index in [0.717, 1.165) is 4.90 Å². The lowest BCUT2D eigenvalue weighted by Crippen LogP contribution is -2.19. The van der Waals surface area contributed by atoms with Gasteiger partial charge in [-0.15, -0.1) is 23.1 Å². The molecule has 2 N–H and O–H groups in total. The van der Waals surface area contributed by atoms with Crippen LogP contribution in [-0.2, 0) is 0 Å². The fourth-order valence-corrected chi connectivity index (χ4v) is 3.10. The van der Waals surface area contributed by atoms with Gasteiger partial charge in [0.15, 0.2) is 10.9 Å². The molecule has 0 unspecified atom stereocenters. The van der Waals surface area contributed by atoms with Crippen LogP contribution in [0.25, 0.3) is 0 Å². The molecule has 0 radical (unpaired) electrons. The number of carbonyl (C=O) groups is 1. The summed E-state index contributed by atoms with van der Waals surface area (Å²) in [5, 5.41) is 7.36. The van der Waals surface area contributed by atoms with Gasteiger partial charge in [0, 0.05) is 22.5 Å². The third kappa shape index (κ3) is 4.49. The molecular weight excluding hydrogens is 361 g/mol. The van der Waals surface area contributed by atoms with Crippen molar-refractivity contribution < 1.29 is 13.9 Å². The Bertz CT molecular complexity index is 872. The molecule has 8 heteroatoms. The first kappa shape index (κ1) is 17.2. The number of nitrogens with one attached hydrogen (secondary N) is 2. The molecule has 0 saturated carbocycles. The van der Waals surface area contributed by atoms with E-state index in [0.29, 0.717) is 16.6 Å². The number of thioether (sulfide) groups is 1. The number of urea groups is 1. The Kier molecular flexibility index (Phi) is 5.52. The quantitative estimate of drug-likeness (QED) is 0.583. The van der Waals surface area contributed by atoms with Crippen molar-refractivity contribution in [3.05, 3.63) is 59.9 Å². The van der Waals surface area contributed by atoms with Crippen molar-refractivity contribution in [2.75, 3.05) is 16.9 Å². The van der Waals surface area contributed by atoms with Gasteiger partial charge in [-0.05, 0) is 30.5 Å². The minimum absolute atomic E-state index is 0.227. The number of halogens is 1. The standard InChI is InChI=1S/C17H14FN3O2S2/c1-24-15-5-3-2-4-14(15)23-13-7-6-11(18)10-12(13)20-16(22)21-17-19-8-9-25-17/h2-10H,1H3,(H2,19,20,21,22). The van der Waals surface area contributed by atoms with Crippen molar-refractivity contribution >= 4 is 39.9 Å². The molecule has 3 aromatic rings. The van der Waals surface area contributed by atoms with E-state index in [1.54, 1.807) is 11.6 Å². The SMILES string of the molecule is CSc1ccccc1Oc1ccc(F)cc1NC(=O)Nc1nccs1. The molecule has 1 aromatic heterocycles. The molecule has 128 valence electrons. The normalized spacial score (nSPS) is 10.3. The summed E-state index contributed by atoms with van der Waals surface area (Å²) in [6, 6.07) is 10.9. The summed E-state index contributed by atoms with van der Waals surface area (Å²) in [7, 11) is 0. The Hall–Kier alpha value is -2.58. The second kappa shape index (κ2) is 8.00. The number of anilines is 2. The number of hydrogen-bond donors (Lipinski definition) is 2. The number of ether oxygens (including phenoxy) is 1. The van der Waals surface area contributed by atoms with Crippen LogP contribution in [0.1, 0.15) is 0 Å². The van der Waals surface area contributed by atoms with Gasteiger partial charge < -0.3 is 10.1 Å². The van der Waals surface area contributed by atoms with Crippen LogP contribution < -0.4 is 15.4 Å². The number of aromatic nitrogens is 1. The van der Waals surface area contributed by atoms with Crippen molar-refractivity contribution in [1.82, 2.24) is 4.98 Å². The van der Waals surface area contributed by atoms with E-state index >= 15 is 0 Å². The summed E-state index contributed by atoms with van der Waals surface area (Å²) in [5.74, 6) is 0.497. The fraction of sp³-hybridized carbons (Fsp3) is 0.0588. The van der Waals surface area contributed by atoms with Crippen molar-refractivity contribution in [1.29, 1.82) is 0 Å². The predicted octanol–water partition coefficient (Wildman–Crippen LogP) is 5.44. The molecule has 2 aromatic carbocycles. The van der Waals surface area contributed by atoms with E-state index in [2.05, 4.69) is 15.6 Å². The molecule has 0 aliphatic carbocycles. The molecule has 5 nitrogen and oxygen atoms in total. The third-order valence-electron chi connectivity index (χ3n) is 3.13. The Morgan fingerprint density at radius 2 is 2.04 bits per heavy atom. The number of thiazole rings is 1. The Morgan fingerprint density at radius 3 is 2.80 bits per heavy atom. The molecule has 0 bridgehead atoms. The molecule has 0 atom stereocenters. The highest BCUT2D eigenvalue weighted by Crippen LogP contribution is 2.35. The zero-order valence-electron chi connectivity index (χ0n) is 13.2. The predicted molar refractivity (Wildman–Crippen MR) is 99.5 cm³/mol. The molecule has 25 heavy (non-hydrogen) atoms. The van der Waals surface area contributed by atoms with Crippen LogP contribution in [0.3, 0.4) is 0 Å². The molecule has 0 aliphatic heterocycles. The van der Waals surface area contributed by atoms with Crippen LogP contribution in [0.5, 0.6) is 11.5 Å². The number of rotatable bonds is 5. The molecule has 0 fully saturated rings. The first-order valence-corrected chi connectivity index (χ1v) is 9.34. The average molecular weight is 375 g/mol. The van der Waals surface area contributed by atoms with Crippen molar-refractivity contribution in [2.45, 2.75) is 4.90 Å². The highest BCUT2D eigenvalue weighted by Gasteiger charge is 2.12. The smallest absolute Gasteiger partial charge is 0.325 e. The van der Waals surface area contributed by atoms with Gasteiger partial charge in [-0.2, -0.15) is 0 Å². The number of amides is 2. The van der Waals surface area contributed by atoms with E-state index in [-0.39, 0.29) is 5.69 Å². The molecule has 3 rings (SSSR count). The van der Waals surface area contributed by atoms with Gasteiger partial charge in [0.1, 0.15) is 11.6 Å². The van der Waals surface area contributed by atoms with Crippen molar-refractivity contribution in [3.63, 3.8) is 0 Å². The second-order valence-electron chi connectivity index (χ2n) is 4.81. The van der Waals surface area contributed by atoms with Crippen LogP contribution in [0.2, 0.25) is 0 Å². The molecule has 0 saturated heterocycles. The zero-order valence-corrected chi connectivity index (χ0v) is 14.8. The first-order valence-electron chi connectivity index (χ1n) is 7.23. The third-order valence-corrected chi connectivity index (χ3v) is 4.60. The number of hydrogen-bond acceptors (Lipinski definition) is 5. The summed E-state index contributed by atoms with van der Waals surface area (Å²) in [6.07, 6.45) is 3.52. The first-order chi connectivity index (χ1) is 12.2. The highest BCUT2D eigenvalue weighted by atomic mass is 32.2. The van der Waals surface area contributed by atoms with Crippen molar-refractivity contribution in [3.8, 4) is 11.5 Å². The van der Waals surface area contributed by atoms with Gasteiger partial charge in [-0.1, -0.05) is 12.1 Å². The van der Waals surface area contributed by atoms with Gasteiger partial charge in [0.05, 0.1) is 5.69 Å². The topological polar surface area (TPSA) is 63.2 Å². The van der Waals surface area contributed by atoms with Crippen LogP contribution in [0, 0.1) is 5.82 Å². The fourth-order valence-electron chi connectivity index (χ4n) is 2.05. The summed E-state index contributed by atoms with van der Waals surface area (Å²) in [4.78, 5) is 17.0. The van der Waals surface area contributed by atoms with Gasteiger partial charge in [-0.3, -0.25) is 5.32 Å². The summed E-state index contributed by atoms with van der Waals surface area (Å²) < 4.78 is 19.5. The molecule has 0 spiro atoms. The van der Waals surface area contributed by atoms with Gasteiger partial charge >= 0.3 is 6.03 Å². The Balaban J connectivity index is 1.81. The van der Waals surface area contributed by atoms with Crippen LogP contribution >= 0.6 is 23.1 Å². The maximum absolute atomic E-state index is 13.6. The largest absolute Gasteiger partial charge is 0.454 e. The lowest BCUT2D eigenvalue weighted by atomic mass is 10.2. The van der Waals surface area contributed by atoms with E-state index in [1.807, 2.05) is 30.5 Å². The van der Waals surface area contributed by atoms with Gasteiger partial charge in [0.25, 0.3) is 0 Å². The number of benzene rings is 2. The van der Waals surface area contributed by atoms with E-state index in [4.69, 9.17) is 4.74 Å². The van der Waals surface area contributed by atoms with E-state index in [1.165, 1.54) is 41.3 Å². The van der Waals surface area contributed by atoms with Crippen LogP contribution in [-0.4, -0.2) is 17.3 Å². The van der Waals surface area contributed by atoms with E-state index < -0.39 is 11.8 Å². The Labute approximate surface area is 152 Å². The molecule has 0 aliphatic rings. The Morgan fingerprint density at radius 1 is 1.20 bits per heavy atom. The number of carbonyl (C=O) groups excluding carboxylic acids is 1. The van der Waals surface area contributed by atoms with E-state index in [9.17, 15) is 9.18 Å². The minimum Gasteiger partial charge on any atom is -0.454 e. The zero-order chi connectivity index (χ0) is 17.6. The maximum atomic E-state index is 13.6. The number of nitrogens with zero attached hydrogens (tertiary/aromatic N) is 1. The van der Waals surface area contributed by atoms with Crippen LogP contribution in [0.15, 0.2) is 58.9 Å². The summed E-state index contributed by atoms with van der Waals surface area (Å²) in [6.45, 7) is 0. The lowest BCUT2D eigenvalue weighted by molar-refractivity contribution is 0.262. The lowest BCUT2D eigenvalue weighted by Gasteiger charge is -2.14. The monoisotopic (exact) mass is 375 g/mol. The van der Waals surface area contributed by atoms with Crippen molar-refractivity contribution in [2.24, 2.45) is 0 Å². The van der Waals surface area contributed by atoms with Gasteiger partial charge in [0.2, 0.25) is 0 Å². The number of para-hydroxylation sites is 1. The summed E-state index contributed by atoms with van der Waals surface area (Å²) >= 11 is 2.82. The maximum Gasteiger partial charge on any atom is 0.325 e. The molecule has 1 heterocycles. The van der Waals surface area contributed by atoms with Gasteiger partial charge in [-0.25, -0.2) is 14.2 Å².